The molecule has 6 heteroatoms. The Morgan fingerprint density at radius 2 is 2.24 bits per heavy atom. The predicted octanol–water partition coefficient (Wildman–Crippen LogP) is 0.716. The Morgan fingerprint density at radius 1 is 1.44 bits per heavy atom. The van der Waals surface area contributed by atoms with Gasteiger partial charge in [0.25, 0.3) is 0 Å². The number of benzene rings is 1. The minimum absolute atomic E-state index is 0.0121. The van der Waals surface area contributed by atoms with Gasteiger partial charge in [-0.1, -0.05) is 24.3 Å². The summed E-state index contributed by atoms with van der Waals surface area (Å²) in [5, 5.41) is 13.1. The van der Waals surface area contributed by atoms with Gasteiger partial charge in [0.15, 0.2) is 0 Å². The number of hydrogen-bond donors (Lipinski definition) is 2. The van der Waals surface area contributed by atoms with Crippen LogP contribution in [0.1, 0.15) is 24.0 Å². The van der Waals surface area contributed by atoms with Gasteiger partial charge >= 0.3 is 0 Å². The molecule has 1 amide bonds. The number of ether oxygens (including phenoxy) is 2. The second-order valence-corrected chi connectivity index (χ2v) is 6.86. The summed E-state index contributed by atoms with van der Waals surface area (Å²) in [6, 6.07) is 7.92. The molecule has 0 aromatic heterocycles. The average molecular weight is 348 g/mol. The van der Waals surface area contributed by atoms with E-state index in [9.17, 15) is 9.90 Å². The Labute approximate surface area is 149 Å². The molecule has 0 radical (unpaired) electrons. The van der Waals surface area contributed by atoms with Gasteiger partial charge in [-0.15, -0.1) is 0 Å². The molecule has 6 nitrogen and oxygen atoms in total. The first kappa shape index (κ1) is 18.3. The molecule has 0 bridgehead atoms. The molecule has 1 aromatic rings. The highest BCUT2D eigenvalue weighted by Crippen LogP contribution is 2.23. The number of amides is 1. The number of aliphatic hydroxyl groups excluding tert-OH is 1. The molecule has 1 aromatic carbocycles. The van der Waals surface area contributed by atoms with Crippen molar-refractivity contribution in [2.75, 3.05) is 33.4 Å². The molecule has 0 spiro atoms. The minimum atomic E-state index is -0.626. The zero-order chi connectivity index (χ0) is 17.6. The molecule has 0 unspecified atom stereocenters. The SMILES string of the molecule is CNC(=O)[C@@H]1Cc2ccccc2CN1C[C@@H](O)COC[C@@H]1CCCO1. The number of β-amino-alcohol motifs (C(OH)–C–C–N with tert-alkyl or cyclic N) is 1. The van der Waals surface area contributed by atoms with Gasteiger partial charge in [0, 0.05) is 26.7 Å². The predicted molar refractivity (Wildman–Crippen MR) is 94.2 cm³/mol. The van der Waals surface area contributed by atoms with Crippen LogP contribution in [0.4, 0.5) is 0 Å². The fourth-order valence-electron chi connectivity index (χ4n) is 3.63. The van der Waals surface area contributed by atoms with E-state index in [0.29, 0.717) is 26.1 Å². The van der Waals surface area contributed by atoms with Crippen molar-refractivity contribution in [2.24, 2.45) is 0 Å². The molecule has 0 saturated carbocycles. The number of hydrogen-bond acceptors (Lipinski definition) is 5. The van der Waals surface area contributed by atoms with Crippen LogP contribution in [-0.4, -0.2) is 67.6 Å². The normalized spacial score (nSPS) is 24.7. The highest BCUT2D eigenvalue weighted by atomic mass is 16.5. The first-order chi connectivity index (χ1) is 12.2. The van der Waals surface area contributed by atoms with Gasteiger partial charge in [-0.3, -0.25) is 9.69 Å². The van der Waals surface area contributed by atoms with Crippen molar-refractivity contribution in [1.82, 2.24) is 10.2 Å². The van der Waals surface area contributed by atoms with Crippen LogP contribution in [0.2, 0.25) is 0 Å². The van der Waals surface area contributed by atoms with Crippen LogP contribution in [0, 0.1) is 0 Å². The standard InChI is InChI=1S/C19H28N2O4/c1-20-19(23)18-9-14-5-2-3-6-15(14)10-21(18)11-16(22)12-24-13-17-7-4-8-25-17/h2-3,5-6,16-18,22H,4,7-13H2,1H3,(H,20,23)/t16-,17+,18+/m1/s1. The van der Waals surface area contributed by atoms with Crippen molar-refractivity contribution in [3.8, 4) is 0 Å². The minimum Gasteiger partial charge on any atom is -0.389 e. The van der Waals surface area contributed by atoms with E-state index in [1.54, 1.807) is 7.05 Å². The molecule has 3 atom stereocenters. The van der Waals surface area contributed by atoms with Crippen LogP contribution in [0.15, 0.2) is 24.3 Å². The van der Waals surface area contributed by atoms with Gasteiger partial charge in [-0.05, 0) is 30.4 Å². The third-order valence-corrected chi connectivity index (χ3v) is 4.98. The Bertz CT molecular complexity index is 574. The van der Waals surface area contributed by atoms with Crippen molar-refractivity contribution in [3.05, 3.63) is 35.4 Å². The van der Waals surface area contributed by atoms with Crippen molar-refractivity contribution in [1.29, 1.82) is 0 Å². The summed E-state index contributed by atoms with van der Waals surface area (Å²) in [4.78, 5) is 14.3. The molecule has 2 N–H and O–H groups in total. The van der Waals surface area contributed by atoms with Crippen LogP contribution < -0.4 is 5.32 Å². The molecular formula is C19H28N2O4. The van der Waals surface area contributed by atoms with E-state index in [-0.39, 0.29) is 24.7 Å². The molecule has 3 rings (SSSR count). The number of fused-ring (bicyclic) bond motifs is 1. The maximum Gasteiger partial charge on any atom is 0.237 e. The van der Waals surface area contributed by atoms with Crippen molar-refractivity contribution in [2.45, 2.75) is 44.1 Å². The van der Waals surface area contributed by atoms with Gasteiger partial charge in [0.2, 0.25) is 5.91 Å². The van der Waals surface area contributed by atoms with E-state index in [0.717, 1.165) is 19.4 Å². The van der Waals surface area contributed by atoms with E-state index in [4.69, 9.17) is 9.47 Å². The fraction of sp³-hybridized carbons (Fsp3) is 0.632. The maximum absolute atomic E-state index is 12.3. The lowest BCUT2D eigenvalue weighted by Gasteiger charge is -2.36. The summed E-state index contributed by atoms with van der Waals surface area (Å²) >= 11 is 0. The highest BCUT2D eigenvalue weighted by Gasteiger charge is 2.32. The second kappa shape index (κ2) is 8.76. The Hall–Kier alpha value is -1.47. The largest absolute Gasteiger partial charge is 0.389 e. The lowest BCUT2D eigenvalue weighted by atomic mass is 9.93. The summed E-state index contributed by atoms with van der Waals surface area (Å²) in [6.45, 7) is 2.67. The van der Waals surface area contributed by atoms with E-state index in [2.05, 4.69) is 17.4 Å². The Morgan fingerprint density at radius 3 is 2.96 bits per heavy atom. The van der Waals surface area contributed by atoms with E-state index in [1.807, 2.05) is 17.0 Å². The number of nitrogens with zero attached hydrogens (tertiary/aromatic N) is 1. The van der Waals surface area contributed by atoms with E-state index < -0.39 is 6.10 Å². The summed E-state index contributed by atoms with van der Waals surface area (Å²) in [5.41, 5.74) is 2.42. The first-order valence-corrected chi connectivity index (χ1v) is 9.07. The zero-order valence-electron chi connectivity index (χ0n) is 14.8. The van der Waals surface area contributed by atoms with Crippen LogP contribution >= 0.6 is 0 Å². The number of carbonyl (C=O) groups excluding carboxylic acids is 1. The Balaban J connectivity index is 1.55. The second-order valence-electron chi connectivity index (χ2n) is 6.86. The van der Waals surface area contributed by atoms with Crippen molar-refractivity contribution < 1.29 is 19.4 Å². The van der Waals surface area contributed by atoms with Gasteiger partial charge in [0.05, 0.1) is 31.5 Å². The number of rotatable bonds is 7. The number of aliphatic hydroxyl groups is 1. The van der Waals surface area contributed by atoms with Gasteiger partial charge < -0.3 is 19.9 Å². The third kappa shape index (κ3) is 4.79. The lowest BCUT2D eigenvalue weighted by molar-refractivity contribution is -0.127. The summed E-state index contributed by atoms with van der Waals surface area (Å²) in [7, 11) is 1.65. The summed E-state index contributed by atoms with van der Waals surface area (Å²) < 4.78 is 11.1. The zero-order valence-corrected chi connectivity index (χ0v) is 14.8. The van der Waals surface area contributed by atoms with Gasteiger partial charge in [-0.2, -0.15) is 0 Å². The number of nitrogens with one attached hydrogen (secondary N) is 1. The maximum atomic E-state index is 12.3. The quantitative estimate of drug-likeness (QED) is 0.760. The highest BCUT2D eigenvalue weighted by molar-refractivity contribution is 5.82. The number of likely N-dealkylation sites (N-methyl/N-ethyl adjacent to an activating group) is 1. The molecule has 2 heterocycles. The lowest BCUT2D eigenvalue weighted by Crippen LogP contribution is -2.52. The average Bonchev–Trinajstić information content (AvgIpc) is 3.14. The molecule has 138 valence electrons. The van der Waals surface area contributed by atoms with Gasteiger partial charge in [-0.25, -0.2) is 0 Å². The van der Waals surface area contributed by atoms with Crippen LogP contribution in [0.25, 0.3) is 0 Å². The van der Waals surface area contributed by atoms with E-state index >= 15 is 0 Å². The molecule has 1 fully saturated rings. The molecule has 25 heavy (non-hydrogen) atoms. The van der Waals surface area contributed by atoms with Crippen LogP contribution in [0.5, 0.6) is 0 Å². The molecule has 2 aliphatic rings. The summed E-state index contributed by atoms with van der Waals surface area (Å²) in [5.74, 6) is -0.0121. The number of carbonyl (C=O) groups is 1. The molecular weight excluding hydrogens is 320 g/mol. The third-order valence-electron chi connectivity index (χ3n) is 4.98. The van der Waals surface area contributed by atoms with Crippen molar-refractivity contribution in [3.63, 3.8) is 0 Å². The monoisotopic (exact) mass is 348 g/mol. The Kier molecular flexibility index (Phi) is 6.42. The molecule has 2 aliphatic heterocycles. The topological polar surface area (TPSA) is 71.0 Å². The fourth-order valence-corrected chi connectivity index (χ4v) is 3.63. The molecule has 0 aliphatic carbocycles. The van der Waals surface area contributed by atoms with Crippen molar-refractivity contribution >= 4 is 5.91 Å². The first-order valence-electron chi connectivity index (χ1n) is 9.07. The summed E-state index contributed by atoms with van der Waals surface area (Å²) in [6.07, 6.45) is 2.31. The van der Waals surface area contributed by atoms with Gasteiger partial charge in [0.1, 0.15) is 0 Å². The van der Waals surface area contributed by atoms with Crippen LogP contribution in [0.3, 0.4) is 0 Å². The smallest absolute Gasteiger partial charge is 0.237 e. The van der Waals surface area contributed by atoms with Crippen LogP contribution in [-0.2, 0) is 27.2 Å². The molecule has 1 saturated heterocycles. The van der Waals surface area contributed by atoms with E-state index in [1.165, 1.54) is 11.1 Å².